The summed E-state index contributed by atoms with van der Waals surface area (Å²) >= 11 is 0. The van der Waals surface area contributed by atoms with Crippen LogP contribution in [0.3, 0.4) is 0 Å². The van der Waals surface area contributed by atoms with Crippen LogP contribution in [0, 0.1) is 36.6 Å². The number of para-hydroxylation sites is 1. The molecule has 0 saturated heterocycles. The Hall–Kier alpha value is -4.62. The van der Waals surface area contributed by atoms with E-state index in [4.69, 9.17) is 6.57 Å². The molecule has 7 heteroatoms. The van der Waals surface area contributed by atoms with Gasteiger partial charge in [0.25, 0.3) is 5.91 Å². The Bertz CT molecular complexity index is 1520. The maximum Gasteiger partial charge on any atom is 0.270 e. The Kier molecular flexibility index (Phi) is 6.76. The number of rotatable bonds is 5. The summed E-state index contributed by atoms with van der Waals surface area (Å²) in [6.07, 6.45) is 0. The van der Waals surface area contributed by atoms with E-state index in [9.17, 15) is 14.3 Å². The van der Waals surface area contributed by atoms with Crippen LogP contribution in [0.4, 0.5) is 4.39 Å². The minimum Gasteiger partial charge on any atom is -0.508 e. The van der Waals surface area contributed by atoms with E-state index in [-0.39, 0.29) is 23.6 Å². The van der Waals surface area contributed by atoms with Crippen molar-refractivity contribution in [2.45, 2.75) is 26.8 Å². The Balaban J connectivity index is 1.72. The number of nitrogens with one attached hydrogen (secondary N) is 2. The minimum atomic E-state index is -0.866. The largest absolute Gasteiger partial charge is 0.508 e. The van der Waals surface area contributed by atoms with Crippen LogP contribution in [-0.2, 0) is 0 Å². The van der Waals surface area contributed by atoms with Crippen LogP contribution < -0.4 is 5.32 Å². The zero-order valence-corrected chi connectivity index (χ0v) is 20.2. The maximum atomic E-state index is 14.1. The van der Waals surface area contributed by atoms with Gasteiger partial charge >= 0.3 is 0 Å². The van der Waals surface area contributed by atoms with Crippen molar-refractivity contribution in [2.75, 3.05) is 6.54 Å². The molecule has 0 spiro atoms. The molecule has 0 fully saturated rings. The van der Waals surface area contributed by atoms with Crippen LogP contribution in [0.15, 0.2) is 60.7 Å². The number of hydrogen-bond acceptors (Lipinski definition) is 3. The molecule has 1 amide bonds. The molecule has 36 heavy (non-hydrogen) atoms. The second-order valence-corrected chi connectivity index (χ2v) is 9.25. The van der Waals surface area contributed by atoms with Crippen molar-refractivity contribution >= 4 is 16.8 Å². The molecule has 2 aromatic heterocycles. The number of benzene rings is 2. The third-order valence-corrected chi connectivity index (χ3v) is 5.64. The van der Waals surface area contributed by atoms with Gasteiger partial charge in [-0.2, -0.15) is 0 Å². The second kappa shape index (κ2) is 9.93. The van der Waals surface area contributed by atoms with E-state index in [1.165, 1.54) is 12.1 Å². The van der Waals surface area contributed by atoms with Gasteiger partial charge in [-0.3, -0.25) is 4.79 Å². The van der Waals surface area contributed by atoms with Crippen LogP contribution in [0.5, 0.6) is 5.75 Å². The number of aryl methyl sites for hydroxylation is 1. The number of aromatic hydroxyl groups is 1. The molecule has 6 nitrogen and oxygen atoms in total. The van der Waals surface area contributed by atoms with E-state index in [0.29, 0.717) is 17.0 Å². The van der Waals surface area contributed by atoms with Crippen LogP contribution >= 0.6 is 0 Å². The van der Waals surface area contributed by atoms with Gasteiger partial charge in [0.2, 0.25) is 6.54 Å². The molecule has 0 bridgehead atoms. The van der Waals surface area contributed by atoms with Crippen molar-refractivity contribution in [2.24, 2.45) is 5.41 Å². The van der Waals surface area contributed by atoms with E-state index in [0.717, 1.165) is 17.0 Å². The third kappa shape index (κ3) is 5.54. The van der Waals surface area contributed by atoms with Crippen molar-refractivity contribution in [3.63, 3.8) is 0 Å². The summed E-state index contributed by atoms with van der Waals surface area (Å²) in [6, 6.07) is 15.5. The normalized spacial score (nSPS) is 11.9. The number of carbonyl (C=O) groups is 1. The molecule has 4 aromatic rings. The van der Waals surface area contributed by atoms with Gasteiger partial charge in [-0.1, -0.05) is 30.0 Å². The highest BCUT2D eigenvalue weighted by Crippen LogP contribution is 2.31. The molecule has 3 N–H and O–H groups in total. The van der Waals surface area contributed by atoms with Crippen molar-refractivity contribution in [1.29, 1.82) is 0 Å². The first kappa shape index (κ1) is 24.5. The average Bonchev–Trinajstić information content (AvgIpc) is 3.26. The SMILES string of the molecule is [C-]#[N+]CC(C)(C)C#Cc1cc(C)nc(C(=O)NC(c2cc3ccccc3[nH]2)c2cc(F)ccc2O)c1. The average molecular weight is 481 g/mol. The third-order valence-electron chi connectivity index (χ3n) is 5.64. The number of carbonyl (C=O) groups excluding carboxylic acids is 1. The molecule has 0 aliphatic carbocycles. The highest BCUT2D eigenvalue weighted by molar-refractivity contribution is 5.93. The Morgan fingerprint density at radius 2 is 2.00 bits per heavy atom. The van der Waals surface area contributed by atoms with Gasteiger partial charge in [0, 0.05) is 28.0 Å². The zero-order chi connectivity index (χ0) is 25.9. The number of nitrogens with zero attached hydrogens (tertiary/aromatic N) is 2. The second-order valence-electron chi connectivity index (χ2n) is 9.25. The summed E-state index contributed by atoms with van der Waals surface area (Å²) in [5.74, 6) is 4.95. The van der Waals surface area contributed by atoms with Crippen molar-refractivity contribution in [3.8, 4) is 17.6 Å². The summed E-state index contributed by atoms with van der Waals surface area (Å²) in [7, 11) is 0. The molecule has 1 atom stereocenters. The molecule has 2 aromatic carbocycles. The quantitative estimate of drug-likeness (QED) is 0.259. The first-order chi connectivity index (χ1) is 17.1. The Morgan fingerprint density at radius 1 is 1.22 bits per heavy atom. The van der Waals surface area contributed by atoms with Gasteiger partial charge in [-0.15, -0.1) is 0 Å². The van der Waals surface area contributed by atoms with E-state index in [2.05, 4.69) is 32.0 Å². The highest BCUT2D eigenvalue weighted by atomic mass is 19.1. The lowest BCUT2D eigenvalue weighted by Gasteiger charge is -2.19. The molecule has 0 aliphatic rings. The first-order valence-corrected chi connectivity index (χ1v) is 11.4. The predicted molar refractivity (Wildman–Crippen MR) is 137 cm³/mol. The van der Waals surface area contributed by atoms with Gasteiger partial charge in [-0.05, 0) is 68.6 Å². The number of H-pyrrole nitrogens is 1. The van der Waals surface area contributed by atoms with Crippen LogP contribution in [0.1, 0.15) is 52.9 Å². The molecule has 180 valence electrons. The topological polar surface area (TPSA) is 82.4 Å². The number of halogens is 1. The van der Waals surface area contributed by atoms with Gasteiger partial charge in [-0.25, -0.2) is 15.9 Å². The van der Waals surface area contributed by atoms with Gasteiger partial charge in [0.05, 0.1) is 11.5 Å². The molecule has 0 aliphatic heterocycles. The van der Waals surface area contributed by atoms with E-state index in [1.54, 1.807) is 19.1 Å². The molecular formula is C29H25FN4O2. The summed E-state index contributed by atoms with van der Waals surface area (Å²) < 4.78 is 14.1. The Labute approximate surface area is 209 Å². The fraction of sp³-hybridized carbons (Fsp3) is 0.207. The lowest BCUT2D eigenvalue weighted by Crippen LogP contribution is -2.30. The monoisotopic (exact) mass is 480 g/mol. The Morgan fingerprint density at radius 3 is 2.75 bits per heavy atom. The number of aromatic nitrogens is 2. The maximum absolute atomic E-state index is 14.1. The fourth-order valence-electron chi connectivity index (χ4n) is 3.87. The van der Waals surface area contributed by atoms with Crippen molar-refractivity contribution in [3.05, 3.63) is 106 Å². The summed E-state index contributed by atoms with van der Waals surface area (Å²) in [5.41, 5.74) is 2.49. The first-order valence-electron chi connectivity index (χ1n) is 11.4. The van der Waals surface area contributed by atoms with Crippen LogP contribution in [0.25, 0.3) is 15.7 Å². The van der Waals surface area contributed by atoms with Gasteiger partial charge in [0.1, 0.15) is 17.3 Å². The van der Waals surface area contributed by atoms with E-state index in [1.807, 2.05) is 44.2 Å². The highest BCUT2D eigenvalue weighted by Gasteiger charge is 2.24. The summed E-state index contributed by atoms with van der Waals surface area (Å²) in [6.45, 7) is 12.9. The zero-order valence-electron chi connectivity index (χ0n) is 20.2. The number of fused-ring (bicyclic) bond motifs is 1. The molecule has 0 saturated carbocycles. The van der Waals surface area contributed by atoms with Crippen LogP contribution in [-0.4, -0.2) is 27.5 Å². The molecular weight excluding hydrogens is 455 g/mol. The fourth-order valence-corrected chi connectivity index (χ4v) is 3.87. The molecule has 4 rings (SSSR count). The van der Waals surface area contributed by atoms with Crippen molar-refractivity contribution < 1.29 is 14.3 Å². The van der Waals surface area contributed by atoms with Gasteiger partial charge in [0.15, 0.2) is 0 Å². The summed E-state index contributed by atoms with van der Waals surface area (Å²) in [5, 5.41) is 14.3. The van der Waals surface area contributed by atoms with Gasteiger partial charge < -0.3 is 20.3 Å². The standard InChI is InChI=1S/C29H25FN4O2/c1-18-13-19(11-12-29(2,3)17-31-4)14-25(32-18)28(36)34-27(22-16-21(30)9-10-26(22)35)24-15-20-7-5-6-8-23(20)33-24/h5-10,13-16,27,33,35H,17H2,1-3H3,(H,34,36). The minimum absolute atomic E-state index is 0.138. The number of phenolic OH excluding ortho intramolecular Hbond substituents is 1. The number of aromatic amines is 1. The smallest absolute Gasteiger partial charge is 0.270 e. The molecule has 1 unspecified atom stereocenters. The number of amides is 1. The predicted octanol–water partition coefficient (Wildman–Crippen LogP) is 5.53. The van der Waals surface area contributed by atoms with Crippen molar-refractivity contribution in [1.82, 2.24) is 15.3 Å². The molecule has 0 radical (unpaired) electrons. The van der Waals surface area contributed by atoms with E-state index < -0.39 is 23.2 Å². The lowest BCUT2D eigenvalue weighted by atomic mass is 9.94. The number of pyridine rings is 1. The van der Waals surface area contributed by atoms with Crippen LogP contribution in [0.2, 0.25) is 0 Å². The lowest BCUT2D eigenvalue weighted by molar-refractivity contribution is 0.0936. The summed E-state index contributed by atoms with van der Waals surface area (Å²) in [4.78, 5) is 24.4. The molecule has 2 heterocycles. The number of hydrogen-bond donors (Lipinski definition) is 3. The number of phenols is 1. The van der Waals surface area contributed by atoms with E-state index >= 15 is 0 Å².